The van der Waals surface area contributed by atoms with Crippen LogP contribution in [0.2, 0.25) is 10.0 Å². The number of benzene rings is 2. The summed E-state index contributed by atoms with van der Waals surface area (Å²) in [5.74, 6) is -0.819. The first-order valence-corrected chi connectivity index (χ1v) is 9.45. The van der Waals surface area contributed by atoms with Gasteiger partial charge in [-0.25, -0.2) is 4.79 Å². The zero-order valence-electron chi connectivity index (χ0n) is 15.7. The van der Waals surface area contributed by atoms with Crippen molar-refractivity contribution in [3.05, 3.63) is 86.5 Å². The zero-order valence-corrected chi connectivity index (χ0v) is 17.2. The standard InChI is InChI=1S/C22H19Cl2NO3/c1-13(16-7-5-4-6-8-16)25-14(2)20(22(27)28-3)17(21(25)26)11-15-9-10-18(23)19(24)12-15/h4-13H,1-3H3/b17-11-. The highest BCUT2D eigenvalue weighted by Gasteiger charge is 2.39. The van der Waals surface area contributed by atoms with Crippen LogP contribution in [0.15, 0.2) is 65.4 Å². The van der Waals surface area contributed by atoms with E-state index in [2.05, 4.69) is 0 Å². The van der Waals surface area contributed by atoms with Crippen molar-refractivity contribution < 1.29 is 14.3 Å². The van der Waals surface area contributed by atoms with Crippen LogP contribution >= 0.6 is 23.2 Å². The number of ether oxygens (including phenoxy) is 1. The van der Waals surface area contributed by atoms with E-state index in [0.717, 1.165) is 5.56 Å². The van der Waals surface area contributed by atoms with E-state index >= 15 is 0 Å². The molecule has 0 saturated heterocycles. The molecule has 2 aromatic carbocycles. The van der Waals surface area contributed by atoms with Gasteiger partial charge in [0.2, 0.25) is 0 Å². The van der Waals surface area contributed by atoms with E-state index in [1.54, 1.807) is 36.1 Å². The van der Waals surface area contributed by atoms with Crippen molar-refractivity contribution in [2.75, 3.05) is 7.11 Å². The van der Waals surface area contributed by atoms with Gasteiger partial charge in [0, 0.05) is 5.70 Å². The molecule has 4 nitrogen and oxygen atoms in total. The Morgan fingerprint density at radius 2 is 1.79 bits per heavy atom. The first-order chi connectivity index (χ1) is 13.3. The molecule has 1 amide bonds. The Balaban J connectivity index is 2.10. The van der Waals surface area contributed by atoms with Gasteiger partial charge in [-0.1, -0.05) is 59.6 Å². The monoisotopic (exact) mass is 415 g/mol. The number of halogens is 2. The van der Waals surface area contributed by atoms with Gasteiger partial charge in [-0.3, -0.25) is 4.79 Å². The van der Waals surface area contributed by atoms with Gasteiger partial charge in [0.05, 0.1) is 34.3 Å². The molecule has 6 heteroatoms. The quantitative estimate of drug-likeness (QED) is 0.494. The summed E-state index contributed by atoms with van der Waals surface area (Å²) in [6.45, 7) is 3.67. The van der Waals surface area contributed by atoms with Crippen LogP contribution in [0, 0.1) is 0 Å². The van der Waals surface area contributed by atoms with Gasteiger partial charge in [-0.05, 0) is 43.2 Å². The minimum atomic E-state index is -0.556. The molecule has 0 aromatic heterocycles. The van der Waals surface area contributed by atoms with Crippen LogP contribution in [0.1, 0.15) is 31.0 Å². The maximum atomic E-state index is 13.3. The highest BCUT2D eigenvalue weighted by atomic mass is 35.5. The normalized spacial score (nSPS) is 16.7. The van der Waals surface area contributed by atoms with Crippen LogP contribution in [0.3, 0.4) is 0 Å². The van der Waals surface area contributed by atoms with Gasteiger partial charge in [0.1, 0.15) is 0 Å². The summed E-state index contributed by atoms with van der Waals surface area (Å²) in [6, 6.07) is 14.4. The van der Waals surface area contributed by atoms with Crippen molar-refractivity contribution in [3.8, 4) is 0 Å². The first kappa shape index (κ1) is 20.2. The fraction of sp³-hybridized carbons (Fsp3) is 0.182. The molecule has 2 aromatic rings. The van der Waals surface area contributed by atoms with Crippen LogP contribution in [0.25, 0.3) is 6.08 Å². The predicted octanol–water partition coefficient (Wildman–Crippen LogP) is 5.43. The van der Waals surface area contributed by atoms with Gasteiger partial charge < -0.3 is 9.64 Å². The fourth-order valence-corrected chi connectivity index (χ4v) is 3.62. The van der Waals surface area contributed by atoms with Crippen molar-refractivity contribution in [1.82, 2.24) is 4.90 Å². The summed E-state index contributed by atoms with van der Waals surface area (Å²) in [7, 11) is 1.30. The van der Waals surface area contributed by atoms with Crippen molar-refractivity contribution in [2.24, 2.45) is 0 Å². The third kappa shape index (κ3) is 3.71. The molecule has 0 bridgehead atoms. The maximum absolute atomic E-state index is 13.3. The maximum Gasteiger partial charge on any atom is 0.340 e. The van der Waals surface area contributed by atoms with E-state index in [4.69, 9.17) is 27.9 Å². The van der Waals surface area contributed by atoms with E-state index in [1.807, 2.05) is 37.3 Å². The summed E-state index contributed by atoms with van der Waals surface area (Å²) in [6.07, 6.45) is 1.64. The van der Waals surface area contributed by atoms with E-state index in [0.29, 0.717) is 21.3 Å². The third-order valence-electron chi connectivity index (χ3n) is 4.76. The molecule has 1 aliphatic rings. The summed E-state index contributed by atoms with van der Waals surface area (Å²) in [5, 5.41) is 0.789. The van der Waals surface area contributed by atoms with Crippen molar-refractivity contribution in [1.29, 1.82) is 0 Å². The van der Waals surface area contributed by atoms with Crippen LogP contribution in [0.4, 0.5) is 0 Å². The van der Waals surface area contributed by atoms with Crippen molar-refractivity contribution in [2.45, 2.75) is 19.9 Å². The van der Waals surface area contributed by atoms with E-state index in [1.165, 1.54) is 7.11 Å². The number of amides is 1. The molecule has 0 saturated carbocycles. The molecule has 0 N–H and O–H groups in total. The Morgan fingerprint density at radius 3 is 2.39 bits per heavy atom. The Labute approximate surface area is 174 Å². The van der Waals surface area contributed by atoms with Gasteiger partial charge >= 0.3 is 5.97 Å². The van der Waals surface area contributed by atoms with Crippen molar-refractivity contribution in [3.63, 3.8) is 0 Å². The second-order valence-electron chi connectivity index (χ2n) is 6.45. The lowest BCUT2D eigenvalue weighted by Gasteiger charge is -2.26. The number of esters is 1. The highest BCUT2D eigenvalue weighted by molar-refractivity contribution is 6.42. The first-order valence-electron chi connectivity index (χ1n) is 8.70. The molecule has 3 rings (SSSR count). The molecule has 1 unspecified atom stereocenters. The summed E-state index contributed by atoms with van der Waals surface area (Å²) in [4.78, 5) is 27.3. The molecule has 0 spiro atoms. The molecule has 1 atom stereocenters. The largest absolute Gasteiger partial charge is 0.465 e. The Hall–Kier alpha value is -2.56. The SMILES string of the molecule is COC(=O)C1=C(C)N(C(C)c2ccccc2)C(=O)/C1=C\c1ccc(Cl)c(Cl)c1. The Morgan fingerprint density at radius 1 is 1.11 bits per heavy atom. The van der Waals surface area contributed by atoms with Gasteiger partial charge in [-0.2, -0.15) is 0 Å². The zero-order chi connectivity index (χ0) is 20.4. The third-order valence-corrected chi connectivity index (χ3v) is 5.49. The lowest BCUT2D eigenvalue weighted by Crippen LogP contribution is -2.28. The molecule has 144 valence electrons. The second kappa shape index (κ2) is 8.21. The topological polar surface area (TPSA) is 46.6 Å². The van der Waals surface area contributed by atoms with E-state index < -0.39 is 5.97 Å². The smallest absolute Gasteiger partial charge is 0.340 e. The van der Waals surface area contributed by atoms with Crippen LogP contribution in [-0.4, -0.2) is 23.9 Å². The van der Waals surface area contributed by atoms with Crippen LogP contribution in [-0.2, 0) is 14.3 Å². The molecule has 0 fully saturated rings. The summed E-state index contributed by atoms with van der Waals surface area (Å²) >= 11 is 12.1. The number of rotatable bonds is 4. The number of carbonyl (C=O) groups is 2. The van der Waals surface area contributed by atoms with Crippen LogP contribution < -0.4 is 0 Å². The molecule has 0 aliphatic carbocycles. The number of methoxy groups -OCH3 is 1. The number of allylic oxidation sites excluding steroid dienone is 1. The summed E-state index contributed by atoms with van der Waals surface area (Å²) in [5.41, 5.74) is 2.71. The molecule has 28 heavy (non-hydrogen) atoms. The number of nitrogens with zero attached hydrogens (tertiary/aromatic N) is 1. The Bertz CT molecular complexity index is 996. The molecule has 1 heterocycles. The minimum Gasteiger partial charge on any atom is -0.465 e. The van der Waals surface area contributed by atoms with Gasteiger partial charge in [-0.15, -0.1) is 0 Å². The summed E-state index contributed by atoms with van der Waals surface area (Å²) < 4.78 is 4.93. The van der Waals surface area contributed by atoms with Gasteiger partial charge in [0.15, 0.2) is 0 Å². The fourth-order valence-electron chi connectivity index (χ4n) is 3.31. The number of hydrogen-bond donors (Lipinski definition) is 0. The predicted molar refractivity (Wildman–Crippen MR) is 111 cm³/mol. The number of hydrogen-bond acceptors (Lipinski definition) is 3. The average molecular weight is 416 g/mol. The lowest BCUT2D eigenvalue weighted by atomic mass is 10.0. The Kier molecular flexibility index (Phi) is 5.92. The minimum absolute atomic E-state index is 0.243. The molecule has 0 radical (unpaired) electrons. The van der Waals surface area contributed by atoms with E-state index in [9.17, 15) is 9.59 Å². The van der Waals surface area contributed by atoms with Crippen molar-refractivity contribution >= 4 is 41.2 Å². The lowest BCUT2D eigenvalue weighted by molar-refractivity contribution is -0.136. The highest BCUT2D eigenvalue weighted by Crippen LogP contribution is 2.38. The van der Waals surface area contributed by atoms with E-state index in [-0.39, 0.29) is 23.1 Å². The average Bonchev–Trinajstić information content (AvgIpc) is 2.94. The molecular weight excluding hydrogens is 397 g/mol. The number of carbonyl (C=O) groups excluding carboxylic acids is 2. The molecular formula is C22H19Cl2NO3. The van der Waals surface area contributed by atoms with Gasteiger partial charge in [0.25, 0.3) is 5.91 Å². The van der Waals surface area contributed by atoms with Crippen LogP contribution in [0.5, 0.6) is 0 Å². The molecule has 1 aliphatic heterocycles. The second-order valence-corrected chi connectivity index (χ2v) is 7.26.